The lowest BCUT2D eigenvalue weighted by Gasteiger charge is -2.22. The van der Waals surface area contributed by atoms with Gasteiger partial charge in [-0.2, -0.15) is 0 Å². The van der Waals surface area contributed by atoms with Crippen LogP contribution >= 0.6 is 15.9 Å². The van der Waals surface area contributed by atoms with Crippen molar-refractivity contribution in [3.63, 3.8) is 0 Å². The topological polar surface area (TPSA) is 13.1 Å². The van der Waals surface area contributed by atoms with Gasteiger partial charge in [0.15, 0.2) is 0 Å². The Hall–Kier alpha value is -1.28. The van der Waals surface area contributed by atoms with Crippen molar-refractivity contribution in [2.75, 3.05) is 0 Å². The third-order valence-electron chi connectivity index (χ3n) is 4.23. The van der Waals surface area contributed by atoms with Gasteiger partial charge in [-0.3, -0.25) is 0 Å². The molecule has 2 aromatic carbocycles. The molecule has 0 fully saturated rings. The molecule has 0 radical (unpaired) electrons. The van der Waals surface area contributed by atoms with E-state index in [0.29, 0.717) is 16.7 Å². The SMILES string of the molecule is CC(C)C(C)C(Br)c1ccc2oc3ccccc3c2c1. The Balaban J connectivity index is 2.12. The van der Waals surface area contributed by atoms with Crippen molar-refractivity contribution in [1.29, 1.82) is 0 Å². The molecule has 2 unspecified atom stereocenters. The Morgan fingerprint density at radius 3 is 2.35 bits per heavy atom. The zero-order chi connectivity index (χ0) is 14.3. The first-order chi connectivity index (χ1) is 9.58. The van der Waals surface area contributed by atoms with Crippen molar-refractivity contribution in [2.24, 2.45) is 11.8 Å². The van der Waals surface area contributed by atoms with Crippen molar-refractivity contribution in [3.05, 3.63) is 48.0 Å². The molecule has 1 heterocycles. The molecule has 0 amide bonds. The summed E-state index contributed by atoms with van der Waals surface area (Å²) in [5, 5.41) is 2.40. The van der Waals surface area contributed by atoms with Gasteiger partial charge < -0.3 is 4.42 Å². The summed E-state index contributed by atoms with van der Waals surface area (Å²) in [6, 6.07) is 14.7. The zero-order valence-electron chi connectivity index (χ0n) is 12.1. The molecule has 0 N–H and O–H groups in total. The van der Waals surface area contributed by atoms with Gasteiger partial charge in [0.1, 0.15) is 11.2 Å². The van der Waals surface area contributed by atoms with E-state index in [0.717, 1.165) is 11.2 Å². The quantitative estimate of drug-likeness (QED) is 0.512. The summed E-state index contributed by atoms with van der Waals surface area (Å²) >= 11 is 3.86. The fourth-order valence-corrected chi connectivity index (χ4v) is 3.45. The van der Waals surface area contributed by atoms with Gasteiger partial charge in [0.05, 0.1) is 0 Å². The minimum atomic E-state index is 0.376. The number of para-hydroxylation sites is 1. The molecule has 2 atom stereocenters. The lowest BCUT2D eigenvalue weighted by Crippen LogP contribution is -2.10. The standard InChI is InChI=1S/C18H19BrO/c1-11(2)12(3)18(19)13-8-9-17-15(10-13)14-6-4-5-7-16(14)20-17/h4-12,18H,1-3H3. The van der Waals surface area contributed by atoms with Crippen LogP contribution in [0.5, 0.6) is 0 Å². The lowest BCUT2D eigenvalue weighted by molar-refractivity contribution is 0.414. The van der Waals surface area contributed by atoms with Gasteiger partial charge in [0.2, 0.25) is 0 Å². The monoisotopic (exact) mass is 330 g/mol. The predicted octanol–water partition coefficient (Wildman–Crippen LogP) is 6.31. The van der Waals surface area contributed by atoms with Crippen LogP contribution in [0.2, 0.25) is 0 Å². The van der Waals surface area contributed by atoms with E-state index in [1.807, 2.05) is 12.1 Å². The van der Waals surface area contributed by atoms with Crippen molar-refractivity contribution < 1.29 is 4.42 Å². The summed E-state index contributed by atoms with van der Waals surface area (Å²) in [4.78, 5) is 0.376. The molecule has 1 nitrogen and oxygen atoms in total. The number of benzene rings is 2. The van der Waals surface area contributed by atoms with Crippen LogP contribution in [0.1, 0.15) is 31.2 Å². The maximum absolute atomic E-state index is 5.88. The summed E-state index contributed by atoms with van der Waals surface area (Å²) in [5.41, 5.74) is 3.25. The highest BCUT2D eigenvalue weighted by Crippen LogP contribution is 2.38. The zero-order valence-corrected chi connectivity index (χ0v) is 13.6. The van der Waals surface area contributed by atoms with Gasteiger partial charge in [-0.25, -0.2) is 0 Å². The largest absolute Gasteiger partial charge is 0.456 e. The molecule has 3 rings (SSSR count). The van der Waals surface area contributed by atoms with E-state index in [1.54, 1.807) is 0 Å². The number of halogens is 1. The maximum Gasteiger partial charge on any atom is 0.135 e. The molecule has 0 saturated heterocycles. The molecule has 1 aromatic heterocycles. The number of furan rings is 1. The summed E-state index contributed by atoms with van der Waals surface area (Å²) < 4.78 is 5.88. The van der Waals surface area contributed by atoms with Crippen LogP contribution in [0.4, 0.5) is 0 Å². The van der Waals surface area contributed by atoms with Gasteiger partial charge in [-0.1, -0.05) is 61.0 Å². The minimum Gasteiger partial charge on any atom is -0.456 e. The number of rotatable bonds is 3. The highest BCUT2D eigenvalue weighted by atomic mass is 79.9. The normalized spacial score (nSPS) is 15.1. The van der Waals surface area contributed by atoms with Gasteiger partial charge >= 0.3 is 0 Å². The fraction of sp³-hybridized carbons (Fsp3) is 0.333. The van der Waals surface area contributed by atoms with Gasteiger partial charge in [0, 0.05) is 15.6 Å². The number of hydrogen-bond acceptors (Lipinski definition) is 1. The van der Waals surface area contributed by atoms with E-state index >= 15 is 0 Å². The molecule has 2 heteroatoms. The number of alkyl halides is 1. The van der Waals surface area contributed by atoms with Crippen molar-refractivity contribution >= 4 is 37.9 Å². The molecule has 0 aliphatic heterocycles. The molecule has 3 aromatic rings. The van der Waals surface area contributed by atoms with E-state index in [-0.39, 0.29) is 0 Å². The molecule has 0 bridgehead atoms. The second-order valence-corrected chi connectivity index (χ2v) is 6.85. The van der Waals surface area contributed by atoms with Crippen LogP contribution in [-0.4, -0.2) is 0 Å². The Morgan fingerprint density at radius 2 is 1.60 bits per heavy atom. The highest BCUT2D eigenvalue weighted by molar-refractivity contribution is 9.09. The first-order valence-corrected chi connectivity index (χ1v) is 8.04. The summed E-state index contributed by atoms with van der Waals surface area (Å²) in [6.07, 6.45) is 0. The van der Waals surface area contributed by atoms with Crippen LogP contribution in [0.15, 0.2) is 46.9 Å². The lowest BCUT2D eigenvalue weighted by atomic mass is 9.90. The van der Waals surface area contributed by atoms with Crippen LogP contribution in [0.3, 0.4) is 0 Å². The average molecular weight is 331 g/mol. The maximum atomic E-state index is 5.88. The first kappa shape index (κ1) is 13.7. The first-order valence-electron chi connectivity index (χ1n) is 7.13. The predicted molar refractivity (Wildman–Crippen MR) is 89.4 cm³/mol. The number of fused-ring (bicyclic) bond motifs is 3. The second kappa shape index (κ2) is 5.25. The highest BCUT2D eigenvalue weighted by Gasteiger charge is 2.20. The van der Waals surface area contributed by atoms with Gasteiger partial charge in [-0.15, -0.1) is 0 Å². The van der Waals surface area contributed by atoms with E-state index in [4.69, 9.17) is 4.42 Å². The molecular formula is C18H19BrO. The molecular weight excluding hydrogens is 312 g/mol. The van der Waals surface area contributed by atoms with E-state index in [1.165, 1.54) is 16.3 Å². The molecule has 104 valence electrons. The third kappa shape index (κ3) is 2.26. The molecule has 0 aliphatic carbocycles. The van der Waals surface area contributed by atoms with E-state index in [9.17, 15) is 0 Å². The third-order valence-corrected chi connectivity index (χ3v) is 5.59. The Labute approximate surface area is 128 Å². The number of hydrogen-bond donors (Lipinski definition) is 0. The smallest absolute Gasteiger partial charge is 0.135 e. The molecule has 20 heavy (non-hydrogen) atoms. The van der Waals surface area contributed by atoms with Crippen LogP contribution in [-0.2, 0) is 0 Å². The van der Waals surface area contributed by atoms with Crippen LogP contribution in [0.25, 0.3) is 21.9 Å². The Morgan fingerprint density at radius 1 is 0.900 bits per heavy atom. The van der Waals surface area contributed by atoms with E-state index in [2.05, 4.69) is 67.0 Å². The molecule has 0 spiro atoms. The van der Waals surface area contributed by atoms with Crippen LogP contribution < -0.4 is 0 Å². The summed E-state index contributed by atoms with van der Waals surface area (Å²) in [7, 11) is 0. The minimum absolute atomic E-state index is 0.376. The second-order valence-electron chi connectivity index (χ2n) is 5.86. The van der Waals surface area contributed by atoms with Crippen LogP contribution in [0, 0.1) is 11.8 Å². The van der Waals surface area contributed by atoms with Gasteiger partial charge in [0.25, 0.3) is 0 Å². The van der Waals surface area contributed by atoms with E-state index < -0.39 is 0 Å². The van der Waals surface area contributed by atoms with Crippen molar-refractivity contribution in [2.45, 2.75) is 25.6 Å². The molecule has 0 saturated carbocycles. The summed E-state index contributed by atoms with van der Waals surface area (Å²) in [6.45, 7) is 6.83. The van der Waals surface area contributed by atoms with Crippen molar-refractivity contribution in [3.8, 4) is 0 Å². The Kier molecular flexibility index (Phi) is 3.59. The molecule has 0 aliphatic rings. The summed E-state index contributed by atoms with van der Waals surface area (Å²) in [5.74, 6) is 1.24. The van der Waals surface area contributed by atoms with Gasteiger partial charge in [-0.05, 0) is 35.6 Å². The van der Waals surface area contributed by atoms with Crippen molar-refractivity contribution in [1.82, 2.24) is 0 Å². The fourth-order valence-electron chi connectivity index (χ4n) is 2.56. The average Bonchev–Trinajstić information content (AvgIpc) is 2.83. The Bertz CT molecular complexity index is 741.